The molecule has 0 heterocycles. The summed E-state index contributed by atoms with van der Waals surface area (Å²) in [4.78, 5) is 47.9. The molecule has 2 atom stereocenters. The number of aliphatic hydroxyl groups is 2. The van der Waals surface area contributed by atoms with Crippen molar-refractivity contribution in [1.82, 2.24) is 10.6 Å². The number of hydrogen-bond donors (Lipinski definition) is 4. The van der Waals surface area contributed by atoms with Crippen LogP contribution in [0.3, 0.4) is 0 Å². The molecule has 0 bridgehead atoms. The summed E-state index contributed by atoms with van der Waals surface area (Å²) in [5, 5.41) is 23.0. The number of carbonyl (C=O) groups is 4. The molecule has 1 rings (SSSR count). The van der Waals surface area contributed by atoms with Gasteiger partial charge in [-0.1, -0.05) is 0 Å². The minimum atomic E-state index is -1.44. The molecule has 1 aliphatic carbocycles. The van der Waals surface area contributed by atoms with Crippen LogP contribution < -0.4 is 10.6 Å². The Labute approximate surface area is 144 Å². The van der Waals surface area contributed by atoms with Crippen molar-refractivity contribution in [1.29, 1.82) is 0 Å². The van der Waals surface area contributed by atoms with E-state index in [1.807, 2.05) is 0 Å². The van der Waals surface area contributed by atoms with Crippen LogP contribution in [-0.2, 0) is 28.7 Å². The molecule has 10 nitrogen and oxygen atoms in total. The summed E-state index contributed by atoms with van der Waals surface area (Å²) in [6.45, 7) is 1.96. The molecule has 0 unspecified atom stereocenters. The quantitative estimate of drug-likeness (QED) is 0.254. The van der Waals surface area contributed by atoms with Crippen molar-refractivity contribution in [3.05, 3.63) is 0 Å². The number of esters is 2. The van der Waals surface area contributed by atoms with Gasteiger partial charge < -0.3 is 30.3 Å². The summed E-state index contributed by atoms with van der Waals surface area (Å²) < 4.78 is 9.44. The second kappa shape index (κ2) is 9.33. The standard InChI is InChI=1S/C15H24N2O8/c1-3-24-11(20)9(7-18)16-13(22)15(5-6-15)14(23)17-10(8-19)12(21)25-4-2/h9-10,18-19H,3-8H2,1-2H3,(H,16,22)(H,17,23)/t9-,10-/m1/s1. The van der Waals surface area contributed by atoms with E-state index in [1.165, 1.54) is 0 Å². The molecule has 0 aromatic heterocycles. The normalized spacial score (nSPS) is 17.0. The molecule has 0 aromatic rings. The fourth-order valence-electron chi connectivity index (χ4n) is 2.12. The van der Waals surface area contributed by atoms with Crippen molar-refractivity contribution in [3.8, 4) is 0 Å². The third-order valence-electron chi connectivity index (χ3n) is 3.74. The van der Waals surface area contributed by atoms with Gasteiger partial charge in [0.2, 0.25) is 11.8 Å². The van der Waals surface area contributed by atoms with Gasteiger partial charge >= 0.3 is 11.9 Å². The Morgan fingerprint density at radius 1 is 0.880 bits per heavy atom. The zero-order valence-electron chi connectivity index (χ0n) is 14.2. The number of carbonyl (C=O) groups excluding carboxylic acids is 4. The number of amides is 2. The lowest BCUT2D eigenvalue weighted by Gasteiger charge is -2.21. The smallest absolute Gasteiger partial charge is 0.331 e. The van der Waals surface area contributed by atoms with Crippen molar-refractivity contribution in [3.63, 3.8) is 0 Å². The van der Waals surface area contributed by atoms with Gasteiger partial charge in [-0.3, -0.25) is 9.59 Å². The van der Waals surface area contributed by atoms with Crippen molar-refractivity contribution in [2.24, 2.45) is 5.41 Å². The largest absolute Gasteiger partial charge is 0.464 e. The molecule has 1 fully saturated rings. The second-order valence-electron chi connectivity index (χ2n) is 5.50. The van der Waals surface area contributed by atoms with E-state index in [9.17, 15) is 29.4 Å². The Hall–Kier alpha value is -2.20. The predicted molar refractivity (Wildman–Crippen MR) is 83.0 cm³/mol. The van der Waals surface area contributed by atoms with Crippen molar-refractivity contribution in [2.45, 2.75) is 38.8 Å². The van der Waals surface area contributed by atoms with Gasteiger partial charge in [0.25, 0.3) is 0 Å². The highest BCUT2D eigenvalue weighted by molar-refractivity contribution is 6.09. The molecule has 1 aliphatic rings. The number of rotatable bonds is 10. The van der Waals surface area contributed by atoms with Crippen LogP contribution in [0.4, 0.5) is 0 Å². The third kappa shape index (κ3) is 5.13. The SMILES string of the molecule is CCOC(=O)[C@@H](CO)NC(=O)C1(C(=O)N[C@H](CO)C(=O)OCC)CC1. The maximum absolute atomic E-state index is 12.3. The molecule has 0 spiro atoms. The number of ether oxygens (including phenoxy) is 2. The van der Waals surface area contributed by atoms with Crippen LogP contribution in [0, 0.1) is 5.41 Å². The van der Waals surface area contributed by atoms with Gasteiger partial charge in [0, 0.05) is 0 Å². The van der Waals surface area contributed by atoms with Crippen LogP contribution in [0.2, 0.25) is 0 Å². The van der Waals surface area contributed by atoms with Gasteiger partial charge in [0.1, 0.15) is 5.41 Å². The number of nitrogens with one attached hydrogen (secondary N) is 2. The van der Waals surface area contributed by atoms with Crippen LogP contribution in [0.25, 0.3) is 0 Å². The zero-order valence-corrected chi connectivity index (χ0v) is 14.2. The molecule has 2 amide bonds. The number of aliphatic hydroxyl groups excluding tert-OH is 2. The molecule has 0 saturated heterocycles. The maximum atomic E-state index is 12.3. The van der Waals surface area contributed by atoms with Gasteiger partial charge in [-0.05, 0) is 26.7 Å². The van der Waals surface area contributed by atoms with Gasteiger partial charge in [0.15, 0.2) is 12.1 Å². The lowest BCUT2D eigenvalue weighted by molar-refractivity contribution is -0.152. The summed E-state index contributed by atoms with van der Waals surface area (Å²) in [5.41, 5.74) is -1.44. The van der Waals surface area contributed by atoms with Crippen LogP contribution >= 0.6 is 0 Å². The first kappa shape index (κ1) is 20.8. The van der Waals surface area contributed by atoms with E-state index in [-0.39, 0.29) is 26.1 Å². The number of hydrogen-bond acceptors (Lipinski definition) is 8. The highest BCUT2D eigenvalue weighted by Gasteiger charge is 2.57. The fourth-order valence-corrected chi connectivity index (χ4v) is 2.12. The molecule has 10 heteroatoms. The monoisotopic (exact) mass is 360 g/mol. The van der Waals surface area contributed by atoms with Crippen molar-refractivity contribution < 1.29 is 38.9 Å². The lowest BCUT2D eigenvalue weighted by atomic mass is 10.0. The first-order chi connectivity index (χ1) is 11.9. The van der Waals surface area contributed by atoms with Gasteiger partial charge in [-0.25, -0.2) is 9.59 Å². The van der Waals surface area contributed by atoms with Crippen LogP contribution in [-0.4, -0.2) is 72.5 Å². The predicted octanol–water partition coefficient (Wildman–Crippen LogP) is -2.15. The van der Waals surface area contributed by atoms with E-state index >= 15 is 0 Å². The minimum Gasteiger partial charge on any atom is -0.464 e. The van der Waals surface area contributed by atoms with E-state index in [0.29, 0.717) is 0 Å². The highest BCUT2D eigenvalue weighted by atomic mass is 16.5. The highest BCUT2D eigenvalue weighted by Crippen LogP contribution is 2.46. The molecule has 0 aromatic carbocycles. The van der Waals surface area contributed by atoms with E-state index in [4.69, 9.17) is 9.47 Å². The summed E-state index contributed by atoms with van der Waals surface area (Å²) in [6, 6.07) is -2.56. The third-order valence-corrected chi connectivity index (χ3v) is 3.74. The average molecular weight is 360 g/mol. The van der Waals surface area contributed by atoms with Crippen LogP contribution in [0.15, 0.2) is 0 Å². The van der Waals surface area contributed by atoms with E-state index in [0.717, 1.165) is 0 Å². The molecular weight excluding hydrogens is 336 g/mol. The molecule has 0 radical (unpaired) electrons. The Bertz CT molecular complexity index is 476. The van der Waals surface area contributed by atoms with E-state index in [2.05, 4.69) is 10.6 Å². The Morgan fingerprint density at radius 3 is 1.48 bits per heavy atom. The molecule has 25 heavy (non-hydrogen) atoms. The Balaban J connectivity index is 2.72. The maximum Gasteiger partial charge on any atom is 0.331 e. The summed E-state index contributed by atoms with van der Waals surface area (Å²) in [5.74, 6) is -3.13. The minimum absolute atomic E-state index is 0.0779. The second-order valence-corrected chi connectivity index (χ2v) is 5.50. The van der Waals surface area contributed by atoms with Crippen LogP contribution in [0.1, 0.15) is 26.7 Å². The molecule has 142 valence electrons. The first-order valence-electron chi connectivity index (χ1n) is 8.03. The average Bonchev–Trinajstić information content (AvgIpc) is 3.39. The topological polar surface area (TPSA) is 151 Å². The summed E-state index contributed by atoms with van der Waals surface area (Å²) in [6.07, 6.45) is 0.430. The van der Waals surface area contributed by atoms with Gasteiger partial charge in [-0.15, -0.1) is 0 Å². The fraction of sp³-hybridized carbons (Fsp3) is 0.733. The molecule has 1 saturated carbocycles. The first-order valence-corrected chi connectivity index (χ1v) is 8.03. The van der Waals surface area contributed by atoms with Crippen LogP contribution in [0.5, 0.6) is 0 Å². The molecular formula is C15H24N2O8. The molecule has 4 N–H and O–H groups in total. The van der Waals surface area contributed by atoms with Gasteiger partial charge in [-0.2, -0.15) is 0 Å². The van der Waals surface area contributed by atoms with Gasteiger partial charge in [0.05, 0.1) is 26.4 Å². The van der Waals surface area contributed by atoms with E-state index in [1.54, 1.807) is 13.8 Å². The van der Waals surface area contributed by atoms with E-state index < -0.39 is 54.5 Å². The van der Waals surface area contributed by atoms with Crippen molar-refractivity contribution in [2.75, 3.05) is 26.4 Å². The van der Waals surface area contributed by atoms with Crippen molar-refractivity contribution >= 4 is 23.8 Å². The summed E-state index contributed by atoms with van der Waals surface area (Å²) >= 11 is 0. The Morgan fingerprint density at radius 2 is 1.24 bits per heavy atom. The zero-order chi connectivity index (χ0) is 19.0. The Kier molecular flexibility index (Phi) is 7.78. The summed E-state index contributed by atoms with van der Waals surface area (Å²) in [7, 11) is 0. The molecule has 0 aliphatic heterocycles. The lowest BCUT2D eigenvalue weighted by Crippen LogP contribution is -2.53.